The second kappa shape index (κ2) is 6.47. The Labute approximate surface area is 111 Å². The lowest BCUT2D eigenvalue weighted by Gasteiger charge is -2.10. The highest BCUT2D eigenvalue weighted by Crippen LogP contribution is 2.21. The molecule has 0 amide bonds. The highest BCUT2D eigenvalue weighted by Gasteiger charge is 2.20. The molecular weight excluding hydrogens is 281 g/mol. The maximum Gasteiger partial charge on any atom is 0.243 e. The van der Waals surface area contributed by atoms with Crippen molar-refractivity contribution in [2.75, 3.05) is 6.54 Å². The quantitative estimate of drug-likeness (QED) is 0.842. The Morgan fingerprint density at radius 1 is 1.50 bits per heavy atom. The monoisotopic (exact) mass is 295 g/mol. The minimum atomic E-state index is -3.94. The van der Waals surface area contributed by atoms with Crippen LogP contribution in [0, 0.1) is 5.82 Å². The summed E-state index contributed by atoms with van der Waals surface area (Å²) in [6.45, 7) is 1.83. The SMILES string of the molecule is CCC(O)CCNS(=O)(=O)c1cccc(Cl)c1F. The molecule has 0 saturated carbocycles. The molecule has 0 spiro atoms. The molecule has 0 saturated heterocycles. The largest absolute Gasteiger partial charge is 0.393 e. The third-order valence-corrected chi connectivity index (χ3v) is 4.22. The van der Waals surface area contributed by atoms with Gasteiger partial charge in [-0.2, -0.15) is 0 Å². The zero-order valence-electron chi connectivity index (χ0n) is 9.86. The number of sulfonamides is 1. The number of halogens is 2. The van der Waals surface area contributed by atoms with Crippen molar-refractivity contribution in [1.29, 1.82) is 0 Å². The fraction of sp³-hybridized carbons (Fsp3) is 0.455. The molecule has 0 bridgehead atoms. The normalized spacial score (nSPS) is 13.6. The van der Waals surface area contributed by atoms with Crippen LogP contribution in [-0.4, -0.2) is 26.2 Å². The van der Waals surface area contributed by atoms with Crippen molar-refractivity contribution in [2.45, 2.75) is 30.8 Å². The summed E-state index contributed by atoms with van der Waals surface area (Å²) in [4.78, 5) is -0.485. The van der Waals surface area contributed by atoms with E-state index in [0.717, 1.165) is 6.07 Å². The number of rotatable bonds is 6. The van der Waals surface area contributed by atoms with E-state index < -0.39 is 26.8 Å². The van der Waals surface area contributed by atoms with Gasteiger partial charge in [0, 0.05) is 6.54 Å². The summed E-state index contributed by atoms with van der Waals surface area (Å²) in [5.41, 5.74) is 0. The Morgan fingerprint density at radius 3 is 2.78 bits per heavy atom. The van der Waals surface area contributed by atoms with Gasteiger partial charge >= 0.3 is 0 Å². The summed E-state index contributed by atoms with van der Waals surface area (Å²) in [6.07, 6.45) is 0.238. The molecule has 1 unspecified atom stereocenters. The van der Waals surface area contributed by atoms with E-state index in [1.807, 2.05) is 0 Å². The molecule has 7 heteroatoms. The van der Waals surface area contributed by atoms with Crippen LogP contribution in [0.4, 0.5) is 4.39 Å². The van der Waals surface area contributed by atoms with Crippen LogP contribution in [0.3, 0.4) is 0 Å². The van der Waals surface area contributed by atoms with Crippen LogP contribution in [0.25, 0.3) is 0 Å². The molecule has 102 valence electrons. The first-order valence-electron chi connectivity index (χ1n) is 5.50. The highest BCUT2D eigenvalue weighted by molar-refractivity contribution is 7.89. The third-order valence-electron chi connectivity index (χ3n) is 2.45. The lowest BCUT2D eigenvalue weighted by molar-refractivity contribution is 0.162. The molecule has 1 atom stereocenters. The first-order valence-corrected chi connectivity index (χ1v) is 7.36. The van der Waals surface area contributed by atoms with Gasteiger partial charge in [-0.05, 0) is 25.0 Å². The summed E-state index contributed by atoms with van der Waals surface area (Å²) in [5.74, 6) is -0.970. The average molecular weight is 296 g/mol. The first-order chi connectivity index (χ1) is 8.38. The van der Waals surface area contributed by atoms with Crippen molar-refractivity contribution in [3.8, 4) is 0 Å². The minimum absolute atomic E-state index is 0.0449. The van der Waals surface area contributed by atoms with Crippen molar-refractivity contribution < 1.29 is 17.9 Å². The predicted octanol–water partition coefficient (Wildman–Crippen LogP) is 1.92. The molecule has 18 heavy (non-hydrogen) atoms. The van der Waals surface area contributed by atoms with Gasteiger partial charge in [-0.15, -0.1) is 0 Å². The molecule has 0 fully saturated rings. The van der Waals surface area contributed by atoms with E-state index in [1.54, 1.807) is 6.92 Å². The van der Waals surface area contributed by atoms with Crippen molar-refractivity contribution in [3.05, 3.63) is 29.0 Å². The highest BCUT2D eigenvalue weighted by atomic mass is 35.5. The van der Waals surface area contributed by atoms with Gasteiger partial charge in [0.25, 0.3) is 0 Å². The molecule has 0 aliphatic heterocycles. The van der Waals surface area contributed by atoms with Gasteiger partial charge in [-0.25, -0.2) is 17.5 Å². The number of aliphatic hydroxyl groups is 1. The molecular formula is C11H15ClFNO3S. The number of benzene rings is 1. The molecule has 0 heterocycles. The van der Waals surface area contributed by atoms with Crippen molar-refractivity contribution in [2.24, 2.45) is 0 Å². The van der Waals surface area contributed by atoms with Crippen molar-refractivity contribution >= 4 is 21.6 Å². The molecule has 0 aromatic heterocycles. The lowest BCUT2D eigenvalue weighted by atomic mass is 10.2. The predicted molar refractivity (Wildman–Crippen MR) is 67.5 cm³/mol. The lowest BCUT2D eigenvalue weighted by Crippen LogP contribution is -2.28. The van der Waals surface area contributed by atoms with Crippen LogP contribution in [0.15, 0.2) is 23.1 Å². The molecule has 4 nitrogen and oxygen atoms in total. The molecule has 0 radical (unpaired) electrons. The van der Waals surface area contributed by atoms with Gasteiger partial charge in [0.1, 0.15) is 4.90 Å². The average Bonchev–Trinajstić information content (AvgIpc) is 2.32. The molecule has 1 rings (SSSR count). The van der Waals surface area contributed by atoms with Gasteiger partial charge in [0.2, 0.25) is 10.0 Å². The number of hydrogen-bond donors (Lipinski definition) is 2. The minimum Gasteiger partial charge on any atom is -0.393 e. The summed E-state index contributed by atoms with van der Waals surface area (Å²) >= 11 is 5.52. The van der Waals surface area contributed by atoms with Crippen molar-refractivity contribution in [3.63, 3.8) is 0 Å². The summed E-state index contributed by atoms with van der Waals surface area (Å²) in [5, 5.41) is 9.05. The first kappa shape index (κ1) is 15.4. The van der Waals surface area contributed by atoms with Gasteiger partial charge in [-0.1, -0.05) is 24.6 Å². The van der Waals surface area contributed by atoms with Crippen LogP contribution in [0.5, 0.6) is 0 Å². The number of aliphatic hydroxyl groups excluding tert-OH is 1. The molecule has 2 N–H and O–H groups in total. The van der Waals surface area contributed by atoms with Crippen LogP contribution < -0.4 is 4.72 Å². The summed E-state index contributed by atoms with van der Waals surface area (Å²) in [7, 11) is -3.94. The Hall–Kier alpha value is -0.690. The smallest absolute Gasteiger partial charge is 0.243 e. The van der Waals surface area contributed by atoms with Gasteiger partial charge in [0.05, 0.1) is 11.1 Å². The van der Waals surface area contributed by atoms with Crippen LogP contribution in [0.1, 0.15) is 19.8 Å². The van der Waals surface area contributed by atoms with E-state index in [9.17, 15) is 17.9 Å². The van der Waals surface area contributed by atoms with E-state index in [0.29, 0.717) is 6.42 Å². The fourth-order valence-corrected chi connectivity index (χ4v) is 2.71. The molecule has 1 aromatic rings. The van der Waals surface area contributed by atoms with E-state index in [2.05, 4.69) is 4.72 Å². The van der Waals surface area contributed by atoms with Crippen molar-refractivity contribution in [1.82, 2.24) is 4.72 Å². The summed E-state index contributed by atoms with van der Waals surface area (Å²) < 4.78 is 39.3. The van der Waals surface area contributed by atoms with E-state index in [1.165, 1.54) is 12.1 Å². The molecule has 1 aromatic carbocycles. The van der Waals surface area contributed by atoms with E-state index in [-0.39, 0.29) is 18.0 Å². The van der Waals surface area contributed by atoms with Gasteiger partial charge < -0.3 is 5.11 Å². The Morgan fingerprint density at radius 2 is 2.17 bits per heavy atom. The Bertz CT molecular complexity index is 507. The number of hydrogen-bond acceptors (Lipinski definition) is 3. The second-order valence-corrected chi connectivity index (χ2v) is 5.94. The maximum atomic E-state index is 13.5. The Kier molecular flexibility index (Phi) is 5.52. The third kappa shape index (κ3) is 3.91. The van der Waals surface area contributed by atoms with Gasteiger partial charge in [0.15, 0.2) is 5.82 Å². The molecule has 0 aliphatic carbocycles. The van der Waals surface area contributed by atoms with E-state index in [4.69, 9.17) is 11.6 Å². The van der Waals surface area contributed by atoms with E-state index >= 15 is 0 Å². The molecule has 0 aliphatic rings. The van der Waals surface area contributed by atoms with Gasteiger partial charge in [-0.3, -0.25) is 0 Å². The second-order valence-electron chi connectivity index (χ2n) is 3.80. The zero-order chi connectivity index (χ0) is 13.8. The maximum absolute atomic E-state index is 13.5. The summed E-state index contributed by atoms with van der Waals surface area (Å²) in [6, 6.07) is 3.78. The van der Waals surface area contributed by atoms with Crippen LogP contribution >= 0.6 is 11.6 Å². The fourth-order valence-electron chi connectivity index (χ4n) is 1.33. The van der Waals surface area contributed by atoms with Crippen LogP contribution in [0.2, 0.25) is 5.02 Å². The Balaban J connectivity index is 2.78. The standard InChI is InChI=1S/C11H15ClFNO3S/c1-2-8(15)6-7-14-18(16,17)10-5-3-4-9(12)11(10)13/h3-5,8,14-15H,2,6-7H2,1H3. The van der Waals surface area contributed by atoms with Crippen LogP contribution in [-0.2, 0) is 10.0 Å². The topological polar surface area (TPSA) is 66.4 Å². The zero-order valence-corrected chi connectivity index (χ0v) is 11.4. The number of nitrogens with one attached hydrogen (secondary N) is 1.